The van der Waals surface area contributed by atoms with Crippen LogP contribution in [0, 0.1) is 6.92 Å². The first kappa shape index (κ1) is 19.1. The van der Waals surface area contributed by atoms with Crippen LogP contribution in [-0.2, 0) is 14.3 Å². The number of benzene rings is 1. The lowest BCUT2D eigenvalue weighted by molar-refractivity contribution is 0.100. The molecule has 0 aromatic heterocycles. The minimum Gasteiger partial charge on any atom is -0.391 e. The highest BCUT2D eigenvalue weighted by Crippen LogP contribution is 2.15. The Bertz CT molecular complexity index is 508. The van der Waals surface area contributed by atoms with E-state index in [2.05, 4.69) is 6.92 Å². The van der Waals surface area contributed by atoms with Crippen molar-refractivity contribution in [3.8, 4) is 0 Å². The average molecular weight is 328 g/mol. The van der Waals surface area contributed by atoms with Crippen molar-refractivity contribution in [2.75, 3.05) is 6.61 Å². The summed E-state index contributed by atoms with van der Waals surface area (Å²) in [5, 5.41) is 9.82. The van der Waals surface area contributed by atoms with Gasteiger partial charge in [-0.1, -0.05) is 63.1 Å². The number of aliphatic hydroxyl groups is 1. The van der Waals surface area contributed by atoms with E-state index in [0.717, 1.165) is 18.4 Å². The summed E-state index contributed by atoms with van der Waals surface area (Å²) in [7, 11) is -3.77. The zero-order valence-corrected chi connectivity index (χ0v) is 14.4. The van der Waals surface area contributed by atoms with Crippen molar-refractivity contribution in [2.24, 2.45) is 0 Å². The Hall–Kier alpha value is -0.910. The number of aliphatic hydroxyl groups excluding tert-OH is 1. The van der Waals surface area contributed by atoms with Crippen LogP contribution in [-0.4, -0.2) is 26.2 Å². The molecule has 0 bridgehead atoms. The topological polar surface area (TPSA) is 63.6 Å². The van der Waals surface area contributed by atoms with Gasteiger partial charge in [0.15, 0.2) is 0 Å². The van der Waals surface area contributed by atoms with Gasteiger partial charge >= 0.3 is 0 Å². The number of aryl methyl sites for hydroxylation is 1. The van der Waals surface area contributed by atoms with Crippen molar-refractivity contribution in [3.05, 3.63) is 29.8 Å². The standard InChI is InChI=1S/C17H28O4S/c1-3-4-5-6-7-8-9-16(18)14-21-22(19,20)17-12-10-15(2)11-13-17/h10-13,16,18H,3-9,14H2,1-2H3. The molecule has 5 heteroatoms. The van der Waals surface area contributed by atoms with Crippen LogP contribution in [0.5, 0.6) is 0 Å². The fraction of sp³-hybridized carbons (Fsp3) is 0.647. The van der Waals surface area contributed by atoms with Crippen LogP contribution >= 0.6 is 0 Å². The van der Waals surface area contributed by atoms with Crippen molar-refractivity contribution in [2.45, 2.75) is 69.8 Å². The van der Waals surface area contributed by atoms with Gasteiger partial charge in [0.1, 0.15) is 0 Å². The highest BCUT2D eigenvalue weighted by atomic mass is 32.2. The van der Waals surface area contributed by atoms with E-state index in [0.29, 0.717) is 6.42 Å². The molecule has 0 radical (unpaired) electrons. The van der Waals surface area contributed by atoms with Crippen molar-refractivity contribution in [1.29, 1.82) is 0 Å². The van der Waals surface area contributed by atoms with Crippen LogP contribution < -0.4 is 0 Å². The first-order valence-electron chi connectivity index (χ1n) is 8.10. The van der Waals surface area contributed by atoms with E-state index in [-0.39, 0.29) is 11.5 Å². The quantitative estimate of drug-likeness (QED) is 0.495. The lowest BCUT2D eigenvalue weighted by atomic mass is 10.1. The Morgan fingerprint density at radius 1 is 1.05 bits per heavy atom. The van der Waals surface area contributed by atoms with Gasteiger partial charge in [-0.15, -0.1) is 0 Å². The van der Waals surface area contributed by atoms with Crippen molar-refractivity contribution in [1.82, 2.24) is 0 Å². The Morgan fingerprint density at radius 2 is 1.64 bits per heavy atom. The molecule has 1 rings (SSSR count). The summed E-state index contributed by atoms with van der Waals surface area (Å²) in [6, 6.07) is 6.49. The molecule has 0 heterocycles. The van der Waals surface area contributed by atoms with Crippen molar-refractivity contribution >= 4 is 10.1 Å². The maximum atomic E-state index is 12.0. The third kappa shape index (κ3) is 7.38. The average Bonchev–Trinajstić information content (AvgIpc) is 2.49. The molecular formula is C17H28O4S. The molecule has 0 aliphatic rings. The van der Waals surface area contributed by atoms with Gasteiger partial charge in [-0.25, -0.2) is 0 Å². The molecule has 126 valence electrons. The van der Waals surface area contributed by atoms with E-state index in [9.17, 15) is 13.5 Å². The molecule has 4 nitrogen and oxygen atoms in total. The second-order valence-electron chi connectivity index (χ2n) is 5.76. The van der Waals surface area contributed by atoms with Gasteiger partial charge in [-0.05, 0) is 25.5 Å². The van der Waals surface area contributed by atoms with Gasteiger partial charge in [0.25, 0.3) is 10.1 Å². The fourth-order valence-corrected chi connectivity index (χ4v) is 3.13. The minimum absolute atomic E-state index is 0.130. The molecule has 0 aliphatic carbocycles. The van der Waals surface area contributed by atoms with Crippen LogP contribution in [0.2, 0.25) is 0 Å². The summed E-state index contributed by atoms with van der Waals surface area (Å²) in [5.74, 6) is 0. The fourth-order valence-electron chi connectivity index (χ4n) is 2.18. The number of hydrogen-bond donors (Lipinski definition) is 1. The molecule has 1 aromatic rings. The molecule has 1 unspecified atom stereocenters. The number of rotatable bonds is 11. The van der Waals surface area contributed by atoms with Gasteiger partial charge in [0, 0.05) is 0 Å². The lowest BCUT2D eigenvalue weighted by Crippen LogP contribution is -2.19. The minimum atomic E-state index is -3.77. The third-order valence-electron chi connectivity index (χ3n) is 3.62. The van der Waals surface area contributed by atoms with Crippen LogP contribution in [0.15, 0.2) is 29.2 Å². The highest BCUT2D eigenvalue weighted by Gasteiger charge is 2.17. The number of unbranched alkanes of at least 4 members (excludes halogenated alkanes) is 5. The van der Waals surface area contributed by atoms with E-state index in [1.54, 1.807) is 12.1 Å². The maximum absolute atomic E-state index is 12.0. The van der Waals surface area contributed by atoms with Gasteiger partial charge in [-0.3, -0.25) is 4.18 Å². The first-order valence-corrected chi connectivity index (χ1v) is 9.50. The summed E-state index contributed by atoms with van der Waals surface area (Å²) < 4.78 is 28.9. The molecule has 1 N–H and O–H groups in total. The molecule has 0 saturated heterocycles. The summed E-state index contributed by atoms with van der Waals surface area (Å²) in [6.07, 6.45) is 6.68. The Kier molecular flexibility index (Phi) is 8.68. The van der Waals surface area contributed by atoms with Crippen molar-refractivity contribution < 1.29 is 17.7 Å². The van der Waals surface area contributed by atoms with E-state index < -0.39 is 16.2 Å². The number of hydrogen-bond acceptors (Lipinski definition) is 4. The zero-order chi connectivity index (χ0) is 16.4. The second kappa shape index (κ2) is 9.98. The first-order chi connectivity index (χ1) is 10.5. The smallest absolute Gasteiger partial charge is 0.297 e. The molecule has 22 heavy (non-hydrogen) atoms. The molecule has 0 spiro atoms. The molecule has 0 aliphatic heterocycles. The van der Waals surface area contributed by atoms with Gasteiger partial charge in [-0.2, -0.15) is 8.42 Å². The molecule has 1 aromatic carbocycles. The summed E-state index contributed by atoms with van der Waals surface area (Å²) in [4.78, 5) is 0.130. The second-order valence-corrected chi connectivity index (χ2v) is 7.38. The monoisotopic (exact) mass is 328 g/mol. The molecular weight excluding hydrogens is 300 g/mol. The maximum Gasteiger partial charge on any atom is 0.297 e. The van der Waals surface area contributed by atoms with Gasteiger partial charge in [0.05, 0.1) is 17.6 Å². The predicted molar refractivity (Wildman–Crippen MR) is 88.3 cm³/mol. The Labute approximate surface area is 134 Å². The predicted octanol–water partition coefficient (Wildman–Crippen LogP) is 3.81. The summed E-state index contributed by atoms with van der Waals surface area (Å²) in [6.45, 7) is 3.89. The van der Waals surface area contributed by atoms with Crippen LogP contribution in [0.3, 0.4) is 0 Å². The lowest BCUT2D eigenvalue weighted by Gasteiger charge is -2.11. The van der Waals surface area contributed by atoms with Gasteiger partial charge in [0.2, 0.25) is 0 Å². The zero-order valence-electron chi connectivity index (χ0n) is 13.6. The summed E-state index contributed by atoms with van der Waals surface area (Å²) >= 11 is 0. The molecule has 0 fully saturated rings. The summed E-state index contributed by atoms with van der Waals surface area (Å²) in [5.41, 5.74) is 0.988. The van der Waals surface area contributed by atoms with E-state index in [1.807, 2.05) is 6.92 Å². The Balaban J connectivity index is 2.28. The van der Waals surface area contributed by atoms with Crippen LogP contribution in [0.1, 0.15) is 57.4 Å². The van der Waals surface area contributed by atoms with Crippen molar-refractivity contribution in [3.63, 3.8) is 0 Å². The Morgan fingerprint density at radius 3 is 2.27 bits per heavy atom. The molecule has 0 saturated carbocycles. The molecule has 0 amide bonds. The van der Waals surface area contributed by atoms with Gasteiger partial charge < -0.3 is 5.11 Å². The van der Waals surface area contributed by atoms with E-state index in [4.69, 9.17) is 4.18 Å². The highest BCUT2D eigenvalue weighted by molar-refractivity contribution is 7.86. The third-order valence-corrected chi connectivity index (χ3v) is 4.91. The van der Waals surface area contributed by atoms with Crippen LogP contribution in [0.4, 0.5) is 0 Å². The van der Waals surface area contributed by atoms with E-state index in [1.165, 1.54) is 37.8 Å². The SMILES string of the molecule is CCCCCCCCC(O)COS(=O)(=O)c1ccc(C)cc1. The normalized spacial score (nSPS) is 13.2. The molecule has 1 atom stereocenters. The van der Waals surface area contributed by atoms with E-state index >= 15 is 0 Å². The van der Waals surface area contributed by atoms with Crippen LogP contribution in [0.25, 0.3) is 0 Å². The largest absolute Gasteiger partial charge is 0.391 e.